The third-order valence-corrected chi connectivity index (χ3v) is 3.73. The van der Waals surface area contributed by atoms with Crippen LogP contribution in [0, 0.1) is 0 Å². The van der Waals surface area contributed by atoms with Crippen molar-refractivity contribution >= 4 is 55.8 Å². The Bertz CT molecular complexity index is 771. The van der Waals surface area contributed by atoms with E-state index in [-0.39, 0.29) is 5.95 Å². The van der Waals surface area contributed by atoms with Crippen molar-refractivity contribution in [3.8, 4) is 0 Å². The van der Waals surface area contributed by atoms with Gasteiger partial charge < -0.3 is 11.1 Å². The molecule has 4 nitrogen and oxygen atoms in total. The molecular weight excluding hydrogens is 340 g/mol. The van der Waals surface area contributed by atoms with Gasteiger partial charge in [0.25, 0.3) is 0 Å². The van der Waals surface area contributed by atoms with Gasteiger partial charge in [-0.25, -0.2) is 4.98 Å². The van der Waals surface area contributed by atoms with E-state index in [4.69, 9.17) is 17.3 Å². The quantitative estimate of drug-likeness (QED) is 0.674. The highest BCUT2D eigenvalue weighted by molar-refractivity contribution is 9.10. The summed E-state index contributed by atoms with van der Waals surface area (Å²) in [7, 11) is 0. The van der Waals surface area contributed by atoms with Crippen LogP contribution in [0.15, 0.2) is 46.9 Å². The Labute approximate surface area is 129 Å². The molecule has 0 atom stereocenters. The first kappa shape index (κ1) is 13.1. The Morgan fingerprint density at radius 2 is 1.80 bits per heavy atom. The summed E-state index contributed by atoms with van der Waals surface area (Å²) >= 11 is 9.43. The fourth-order valence-corrected chi connectivity index (χ4v) is 2.68. The zero-order valence-electron chi connectivity index (χ0n) is 10.3. The van der Waals surface area contributed by atoms with E-state index in [1.807, 2.05) is 36.4 Å². The lowest BCUT2D eigenvalue weighted by Gasteiger charge is -2.10. The largest absolute Gasteiger partial charge is 0.368 e. The predicted molar refractivity (Wildman–Crippen MR) is 86.4 cm³/mol. The summed E-state index contributed by atoms with van der Waals surface area (Å²) < 4.78 is 1.04. The van der Waals surface area contributed by atoms with E-state index < -0.39 is 0 Å². The van der Waals surface area contributed by atoms with Gasteiger partial charge in [-0.2, -0.15) is 4.98 Å². The average Bonchev–Trinajstić information content (AvgIpc) is 2.41. The molecule has 0 aliphatic carbocycles. The molecular formula is C14H10BrClN4. The minimum atomic E-state index is 0.140. The average molecular weight is 350 g/mol. The van der Waals surface area contributed by atoms with Crippen LogP contribution in [-0.4, -0.2) is 9.97 Å². The Morgan fingerprint density at radius 1 is 1.05 bits per heavy atom. The Morgan fingerprint density at radius 3 is 2.55 bits per heavy atom. The Balaban J connectivity index is 2.09. The van der Waals surface area contributed by atoms with Gasteiger partial charge in [-0.15, -0.1) is 0 Å². The normalized spacial score (nSPS) is 10.7. The fraction of sp³-hybridized carbons (Fsp3) is 0. The van der Waals surface area contributed by atoms with E-state index in [1.165, 1.54) is 0 Å². The van der Waals surface area contributed by atoms with Gasteiger partial charge >= 0.3 is 0 Å². The number of rotatable bonds is 2. The summed E-state index contributed by atoms with van der Waals surface area (Å²) in [5.41, 5.74) is 6.52. The fourth-order valence-electron chi connectivity index (χ4n) is 2.01. The molecule has 0 radical (unpaired) electrons. The van der Waals surface area contributed by atoms with Crippen molar-refractivity contribution < 1.29 is 0 Å². The number of anilines is 3. The summed E-state index contributed by atoms with van der Waals surface area (Å²) in [5.74, 6) is 0.705. The van der Waals surface area contributed by atoms with Gasteiger partial charge in [-0.05, 0) is 17.5 Å². The lowest BCUT2D eigenvalue weighted by atomic mass is 10.1. The number of aromatic nitrogens is 2. The highest BCUT2D eigenvalue weighted by atomic mass is 79.9. The van der Waals surface area contributed by atoms with Crippen molar-refractivity contribution in [3.05, 3.63) is 52.1 Å². The van der Waals surface area contributed by atoms with E-state index in [2.05, 4.69) is 31.2 Å². The molecule has 0 saturated heterocycles. The van der Waals surface area contributed by atoms with Crippen molar-refractivity contribution in [1.29, 1.82) is 0 Å². The second kappa shape index (κ2) is 5.26. The topological polar surface area (TPSA) is 63.8 Å². The number of nitrogens with zero attached hydrogens (tertiary/aromatic N) is 2. The molecule has 0 aliphatic heterocycles. The SMILES string of the molecule is Nc1nc(Cl)cc(Nc2ccc(Br)c3ccccc23)n1. The monoisotopic (exact) mass is 348 g/mol. The van der Waals surface area contributed by atoms with Crippen molar-refractivity contribution in [1.82, 2.24) is 9.97 Å². The molecule has 100 valence electrons. The van der Waals surface area contributed by atoms with Gasteiger partial charge in [0.05, 0.1) is 0 Å². The summed E-state index contributed by atoms with van der Waals surface area (Å²) in [6, 6.07) is 13.7. The summed E-state index contributed by atoms with van der Waals surface area (Å²) in [5, 5.41) is 5.72. The molecule has 2 aromatic carbocycles. The number of halogens is 2. The van der Waals surface area contributed by atoms with Crippen LogP contribution < -0.4 is 11.1 Å². The zero-order chi connectivity index (χ0) is 14.1. The molecule has 1 heterocycles. The van der Waals surface area contributed by atoms with Crippen LogP contribution >= 0.6 is 27.5 Å². The predicted octanol–water partition coefficient (Wildman–Crippen LogP) is 4.37. The number of nitrogen functional groups attached to an aromatic ring is 1. The van der Waals surface area contributed by atoms with E-state index in [1.54, 1.807) is 6.07 Å². The van der Waals surface area contributed by atoms with Crippen molar-refractivity contribution in [2.45, 2.75) is 0 Å². The number of fused-ring (bicyclic) bond motifs is 1. The summed E-state index contributed by atoms with van der Waals surface area (Å²) in [6.45, 7) is 0. The molecule has 0 aliphatic rings. The van der Waals surface area contributed by atoms with Gasteiger partial charge in [0, 0.05) is 21.6 Å². The van der Waals surface area contributed by atoms with Gasteiger partial charge in [0.2, 0.25) is 5.95 Å². The van der Waals surface area contributed by atoms with Crippen LogP contribution in [0.1, 0.15) is 0 Å². The molecule has 0 spiro atoms. The van der Waals surface area contributed by atoms with E-state index in [9.17, 15) is 0 Å². The van der Waals surface area contributed by atoms with Crippen LogP contribution in [-0.2, 0) is 0 Å². The first-order valence-corrected chi connectivity index (χ1v) is 7.05. The lowest BCUT2D eigenvalue weighted by molar-refractivity contribution is 1.19. The van der Waals surface area contributed by atoms with E-state index in [0.717, 1.165) is 20.9 Å². The molecule has 0 bridgehead atoms. The summed E-state index contributed by atoms with van der Waals surface area (Å²) in [4.78, 5) is 7.95. The molecule has 0 amide bonds. The van der Waals surface area contributed by atoms with Crippen LogP contribution in [0.3, 0.4) is 0 Å². The third-order valence-electron chi connectivity index (χ3n) is 2.85. The van der Waals surface area contributed by atoms with Crippen LogP contribution in [0.5, 0.6) is 0 Å². The van der Waals surface area contributed by atoms with E-state index >= 15 is 0 Å². The molecule has 0 unspecified atom stereocenters. The molecule has 3 N–H and O–H groups in total. The number of nitrogens with two attached hydrogens (primary N) is 1. The van der Waals surface area contributed by atoms with Crippen molar-refractivity contribution in [2.75, 3.05) is 11.1 Å². The van der Waals surface area contributed by atoms with Crippen LogP contribution in [0.2, 0.25) is 5.15 Å². The van der Waals surface area contributed by atoms with Crippen molar-refractivity contribution in [2.24, 2.45) is 0 Å². The molecule has 3 rings (SSSR count). The highest BCUT2D eigenvalue weighted by Crippen LogP contribution is 2.31. The van der Waals surface area contributed by atoms with E-state index in [0.29, 0.717) is 11.0 Å². The smallest absolute Gasteiger partial charge is 0.223 e. The molecule has 6 heteroatoms. The maximum atomic E-state index is 5.88. The number of hydrogen-bond donors (Lipinski definition) is 2. The van der Waals surface area contributed by atoms with Crippen LogP contribution in [0.25, 0.3) is 10.8 Å². The Kier molecular flexibility index (Phi) is 3.46. The molecule has 1 aromatic heterocycles. The molecule has 0 saturated carbocycles. The maximum absolute atomic E-state index is 5.88. The van der Waals surface area contributed by atoms with Gasteiger partial charge in [0.15, 0.2) is 0 Å². The van der Waals surface area contributed by atoms with Crippen LogP contribution in [0.4, 0.5) is 17.5 Å². The zero-order valence-corrected chi connectivity index (χ0v) is 12.6. The number of hydrogen-bond acceptors (Lipinski definition) is 4. The summed E-state index contributed by atoms with van der Waals surface area (Å²) in [6.07, 6.45) is 0. The van der Waals surface area contributed by atoms with Crippen molar-refractivity contribution in [3.63, 3.8) is 0 Å². The molecule has 20 heavy (non-hydrogen) atoms. The van der Waals surface area contributed by atoms with Gasteiger partial charge in [-0.3, -0.25) is 0 Å². The standard InChI is InChI=1S/C14H10BrClN4/c15-10-5-6-11(9-4-2-1-3-8(9)10)18-13-7-12(16)19-14(17)20-13/h1-7H,(H3,17,18,19,20). The minimum Gasteiger partial charge on any atom is -0.368 e. The van der Waals surface area contributed by atoms with Gasteiger partial charge in [0.1, 0.15) is 11.0 Å². The lowest BCUT2D eigenvalue weighted by Crippen LogP contribution is -2.00. The second-order valence-corrected chi connectivity index (χ2v) is 5.44. The Hall–Kier alpha value is -1.85. The number of nitrogens with one attached hydrogen (secondary N) is 1. The first-order valence-electron chi connectivity index (χ1n) is 5.88. The minimum absolute atomic E-state index is 0.140. The van der Waals surface area contributed by atoms with Gasteiger partial charge in [-0.1, -0.05) is 51.8 Å². The third kappa shape index (κ3) is 2.55. The maximum Gasteiger partial charge on any atom is 0.223 e. The first-order chi connectivity index (χ1) is 9.63. The molecule has 0 fully saturated rings. The molecule has 3 aromatic rings. The second-order valence-electron chi connectivity index (χ2n) is 4.20. The number of benzene rings is 2. The highest BCUT2D eigenvalue weighted by Gasteiger charge is 2.06.